The number of aryl methyl sites for hydroxylation is 1. The van der Waals surface area contributed by atoms with Crippen molar-refractivity contribution in [3.8, 4) is 0 Å². The van der Waals surface area contributed by atoms with E-state index in [-0.39, 0.29) is 5.91 Å². The topological polar surface area (TPSA) is 52.6 Å². The Labute approximate surface area is 142 Å². The minimum absolute atomic E-state index is 0.137. The molecule has 0 bridgehead atoms. The number of nitrogens with zero attached hydrogens (tertiary/aromatic N) is 5. The first kappa shape index (κ1) is 16.2. The maximum atomic E-state index is 11.5. The van der Waals surface area contributed by atoms with Crippen molar-refractivity contribution in [2.45, 2.75) is 13.8 Å². The summed E-state index contributed by atoms with van der Waals surface area (Å²) in [5, 5.41) is 0. The molecular formula is C18H23N5O. The number of aromatic nitrogens is 2. The standard InChI is InChI=1S/C18H23N5O/c1-14-13-17(23-11-9-22(10-12-23)15(2)24)20-18(19-14)21(3)16-7-5-4-6-8-16/h4-8,13H,9-12H2,1-3H3. The van der Waals surface area contributed by atoms with Crippen molar-refractivity contribution in [1.82, 2.24) is 14.9 Å². The molecule has 0 unspecified atom stereocenters. The van der Waals surface area contributed by atoms with Gasteiger partial charge in [-0.3, -0.25) is 4.79 Å². The molecule has 0 saturated carbocycles. The van der Waals surface area contributed by atoms with Gasteiger partial charge in [-0.25, -0.2) is 4.98 Å². The van der Waals surface area contributed by atoms with Gasteiger partial charge >= 0.3 is 0 Å². The second-order valence-corrected chi connectivity index (χ2v) is 6.06. The number of benzene rings is 1. The summed E-state index contributed by atoms with van der Waals surface area (Å²) in [5.74, 6) is 1.74. The molecule has 6 nitrogen and oxygen atoms in total. The van der Waals surface area contributed by atoms with E-state index in [0.717, 1.165) is 43.4 Å². The minimum atomic E-state index is 0.137. The average molecular weight is 325 g/mol. The monoisotopic (exact) mass is 325 g/mol. The first-order chi connectivity index (χ1) is 11.5. The summed E-state index contributed by atoms with van der Waals surface area (Å²) in [5.41, 5.74) is 1.99. The zero-order valence-corrected chi connectivity index (χ0v) is 14.4. The van der Waals surface area contributed by atoms with E-state index < -0.39 is 0 Å². The molecule has 1 aliphatic heterocycles. The third-order valence-corrected chi connectivity index (χ3v) is 4.32. The number of hydrogen-bond acceptors (Lipinski definition) is 5. The highest BCUT2D eigenvalue weighted by atomic mass is 16.2. The molecule has 0 N–H and O–H groups in total. The van der Waals surface area contributed by atoms with Gasteiger partial charge in [0.15, 0.2) is 0 Å². The van der Waals surface area contributed by atoms with Gasteiger partial charge in [0.1, 0.15) is 5.82 Å². The summed E-state index contributed by atoms with van der Waals surface area (Å²) in [6.45, 7) is 6.68. The molecule has 126 valence electrons. The lowest BCUT2D eigenvalue weighted by molar-refractivity contribution is -0.129. The Bertz CT molecular complexity index is 711. The molecule has 1 aliphatic rings. The predicted molar refractivity (Wildman–Crippen MR) is 95.7 cm³/mol. The van der Waals surface area contributed by atoms with Gasteiger partial charge in [-0.2, -0.15) is 4.98 Å². The number of para-hydroxylation sites is 1. The van der Waals surface area contributed by atoms with Crippen LogP contribution in [0.25, 0.3) is 0 Å². The van der Waals surface area contributed by atoms with E-state index in [2.05, 4.69) is 9.88 Å². The smallest absolute Gasteiger partial charge is 0.231 e. The second-order valence-electron chi connectivity index (χ2n) is 6.06. The number of carbonyl (C=O) groups excluding carboxylic acids is 1. The Balaban J connectivity index is 1.81. The van der Waals surface area contributed by atoms with Crippen molar-refractivity contribution < 1.29 is 4.79 Å². The Morgan fingerprint density at radius 1 is 1.08 bits per heavy atom. The largest absolute Gasteiger partial charge is 0.353 e. The molecule has 2 aromatic rings. The zero-order chi connectivity index (χ0) is 17.1. The number of amides is 1. The summed E-state index contributed by atoms with van der Waals surface area (Å²) in [4.78, 5) is 26.9. The second kappa shape index (κ2) is 6.86. The first-order valence-corrected chi connectivity index (χ1v) is 8.19. The van der Waals surface area contributed by atoms with Crippen LogP contribution in [0.1, 0.15) is 12.6 Å². The van der Waals surface area contributed by atoms with E-state index in [1.54, 1.807) is 6.92 Å². The maximum Gasteiger partial charge on any atom is 0.231 e. The number of carbonyl (C=O) groups is 1. The van der Waals surface area contributed by atoms with Crippen molar-refractivity contribution in [2.24, 2.45) is 0 Å². The van der Waals surface area contributed by atoms with Crippen LogP contribution in [0.4, 0.5) is 17.5 Å². The fraction of sp³-hybridized carbons (Fsp3) is 0.389. The van der Waals surface area contributed by atoms with Gasteiger partial charge < -0.3 is 14.7 Å². The van der Waals surface area contributed by atoms with Crippen LogP contribution in [0.2, 0.25) is 0 Å². The first-order valence-electron chi connectivity index (χ1n) is 8.19. The quantitative estimate of drug-likeness (QED) is 0.866. The van der Waals surface area contributed by atoms with Crippen LogP contribution in [-0.2, 0) is 4.79 Å². The van der Waals surface area contributed by atoms with E-state index in [9.17, 15) is 4.79 Å². The molecule has 1 aromatic carbocycles. The van der Waals surface area contributed by atoms with Crippen molar-refractivity contribution in [1.29, 1.82) is 0 Å². The summed E-state index contributed by atoms with van der Waals surface area (Å²) in [7, 11) is 1.97. The van der Waals surface area contributed by atoms with Crippen molar-refractivity contribution in [3.63, 3.8) is 0 Å². The molecule has 0 radical (unpaired) electrons. The Morgan fingerprint density at radius 3 is 2.38 bits per heavy atom. The summed E-state index contributed by atoms with van der Waals surface area (Å²) >= 11 is 0. The van der Waals surface area contributed by atoms with Gasteiger partial charge in [0.2, 0.25) is 11.9 Å². The average Bonchev–Trinajstić information content (AvgIpc) is 2.61. The van der Waals surface area contributed by atoms with Crippen LogP contribution in [0.5, 0.6) is 0 Å². The molecule has 1 saturated heterocycles. The summed E-state index contributed by atoms with van der Waals surface area (Å²) in [6.07, 6.45) is 0. The van der Waals surface area contributed by atoms with E-state index >= 15 is 0 Å². The lowest BCUT2D eigenvalue weighted by Gasteiger charge is -2.35. The highest BCUT2D eigenvalue weighted by molar-refractivity contribution is 5.73. The Kier molecular flexibility index (Phi) is 4.64. The third kappa shape index (κ3) is 3.48. The SMILES string of the molecule is CC(=O)N1CCN(c2cc(C)nc(N(C)c3ccccc3)n2)CC1. The van der Waals surface area contributed by atoms with E-state index in [0.29, 0.717) is 5.95 Å². The third-order valence-electron chi connectivity index (χ3n) is 4.32. The number of anilines is 3. The molecule has 1 amide bonds. The maximum absolute atomic E-state index is 11.5. The highest BCUT2D eigenvalue weighted by Gasteiger charge is 2.21. The van der Waals surface area contributed by atoms with Gasteiger partial charge in [0, 0.05) is 57.6 Å². The lowest BCUT2D eigenvalue weighted by atomic mass is 10.3. The van der Waals surface area contributed by atoms with Crippen LogP contribution in [0.15, 0.2) is 36.4 Å². The van der Waals surface area contributed by atoms with Crippen LogP contribution in [-0.4, -0.2) is 54.0 Å². The van der Waals surface area contributed by atoms with Gasteiger partial charge in [-0.1, -0.05) is 18.2 Å². The van der Waals surface area contributed by atoms with Gasteiger partial charge in [-0.05, 0) is 19.1 Å². The Morgan fingerprint density at radius 2 is 1.75 bits per heavy atom. The highest BCUT2D eigenvalue weighted by Crippen LogP contribution is 2.23. The van der Waals surface area contributed by atoms with Crippen LogP contribution < -0.4 is 9.80 Å². The molecule has 0 aliphatic carbocycles. The van der Waals surface area contributed by atoms with Gasteiger partial charge in [0.05, 0.1) is 0 Å². The molecule has 6 heteroatoms. The molecule has 2 heterocycles. The van der Waals surface area contributed by atoms with Crippen molar-refractivity contribution in [3.05, 3.63) is 42.1 Å². The fourth-order valence-electron chi connectivity index (χ4n) is 2.87. The molecule has 1 aromatic heterocycles. The lowest BCUT2D eigenvalue weighted by Crippen LogP contribution is -2.48. The molecule has 3 rings (SSSR count). The summed E-state index contributed by atoms with van der Waals surface area (Å²) < 4.78 is 0. The van der Waals surface area contributed by atoms with Crippen LogP contribution in [0, 0.1) is 6.92 Å². The van der Waals surface area contributed by atoms with Crippen LogP contribution >= 0.6 is 0 Å². The van der Waals surface area contributed by atoms with Crippen molar-refractivity contribution in [2.75, 3.05) is 43.0 Å². The van der Waals surface area contributed by atoms with Crippen LogP contribution in [0.3, 0.4) is 0 Å². The van der Waals surface area contributed by atoms with E-state index in [1.807, 2.05) is 60.2 Å². The molecule has 0 atom stereocenters. The number of hydrogen-bond donors (Lipinski definition) is 0. The van der Waals surface area contributed by atoms with Crippen molar-refractivity contribution >= 4 is 23.4 Å². The fourth-order valence-corrected chi connectivity index (χ4v) is 2.87. The summed E-state index contributed by atoms with van der Waals surface area (Å²) in [6, 6.07) is 12.1. The zero-order valence-electron chi connectivity index (χ0n) is 14.4. The van der Waals surface area contributed by atoms with E-state index in [4.69, 9.17) is 4.98 Å². The predicted octanol–water partition coefficient (Wildman–Crippen LogP) is 2.22. The minimum Gasteiger partial charge on any atom is -0.353 e. The van der Waals surface area contributed by atoms with E-state index in [1.165, 1.54) is 0 Å². The number of piperazine rings is 1. The van der Waals surface area contributed by atoms with Gasteiger partial charge in [-0.15, -0.1) is 0 Å². The Hall–Kier alpha value is -2.63. The molecule has 1 fully saturated rings. The number of rotatable bonds is 3. The normalized spacial score (nSPS) is 14.6. The molecule has 24 heavy (non-hydrogen) atoms. The molecule has 0 spiro atoms. The molecular weight excluding hydrogens is 302 g/mol. The van der Waals surface area contributed by atoms with Gasteiger partial charge in [0.25, 0.3) is 0 Å².